The van der Waals surface area contributed by atoms with E-state index in [-0.39, 0.29) is 30.9 Å². The van der Waals surface area contributed by atoms with E-state index in [4.69, 9.17) is 28.4 Å². The van der Waals surface area contributed by atoms with Crippen molar-refractivity contribution in [1.29, 1.82) is 0 Å². The summed E-state index contributed by atoms with van der Waals surface area (Å²) in [6.45, 7) is 18.9. The number of esters is 1. The van der Waals surface area contributed by atoms with Crippen LogP contribution in [0.5, 0.6) is 0 Å². The lowest BCUT2D eigenvalue weighted by molar-refractivity contribution is -0.304. The van der Waals surface area contributed by atoms with E-state index in [2.05, 4.69) is 13.0 Å². The lowest BCUT2D eigenvalue weighted by Crippen LogP contribution is -2.59. The van der Waals surface area contributed by atoms with E-state index in [1.54, 1.807) is 27.7 Å². The maximum Gasteiger partial charge on any atom is 0.311 e. The molecule has 13 nitrogen and oxygen atoms in total. The fourth-order valence-corrected chi connectivity index (χ4v) is 8.22. The Morgan fingerprint density at radius 2 is 1.65 bits per heavy atom. The first-order valence-corrected chi connectivity index (χ1v) is 18.8. The molecule has 3 rings (SSSR count). The number of ether oxygens (including phenoxy) is 6. The van der Waals surface area contributed by atoms with E-state index in [0.29, 0.717) is 13.0 Å². The fraction of sp³-hybridized carbons (Fsp3) is 0.921. The van der Waals surface area contributed by atoms with Crippen molar-refractivity contribution >= 4 is 5.97 Å². The molecule has 0 unspecified atom stereocenters. The third-order valence-corrected chi connectivity index (χ3v) is 11.8. The normalized spacial score (nSPS) is 47.3. The number of carbonyl (C=O) groups excluding carboxylic acids is 1. The Hall–Kier alpha value is -1.23. The Bertz CT molecular complexity index is 1150. The second kappa shape index (κ2) is 17.9. The quantitative estimate of drug-likeness (QED) is 0.224. The molecule has 0 amide bonds. The van der Waals surface area contributed by atoms with Crippen molar-refractivity contribution in [3.05, 3.63) is 11.6 Å². The molecule has 51 heavy (non-hydrogen) atoms. The fourth-order valence-electron chi connectivity index (χ4n) is 8.22. The molecule has 0 radical (unpaired) electrons. The molecule has 0 aromatic heterocycles. The van der Waals surface area contributed by atoms with Crippen LogP contribution >= 0.6 is 0 Å². The van der Waals surface area contributed by atoms with Gasteiger partial charge in [0, 0.05) is 38.1 Å². The molecule has 2 saturated heterocycles. The van der Waals surface area contributed by atoms with Crippen molar-refractivity contribution < 1.29 is 53.6 Å². The molecule has 2 fully saturated rings. The molecule has 0 aliphatic carbocycles. The van der Waals surface area contributed by atoms with Gasteiger partial charge in [-0.05, 0) is 93.9 Å². The van der Waals surface area contributed by atoms with Gasteiger partial charge in [0.25, 0.3) is 0 Å². The first-order chi connectivity index (χ1) is 23.6. The standard InChI is InChI=1S/C38H70N2O11/c1-15-28-38(10,45)33(42)25(7)40(13)19-20(2)16-21(3)31(51-36-30(41)27(39(11)12)17-22(4)47-36)23(5)32(24(6)35(44)49-28)50-29-18-37(9,46-14)34(43)26(8)48-29/h16,20,22-34,36,41-43,45H,15,17-19H2,1-14H3/t20-,22-,23-,24-,25-,26+,27+,28-,29+,30-,31+,32+,33-,34+,36+,37-,38-/m1/s1. The molecule has 13 heteroatoms. The molecule has 0 saturated carbocycles. The number of cyclic esters (lactones) is 1. The lowest BCUT2D eigenvalue weighted by Gasteiger charge is -2.47. The number of aliphatic hydroxyl groups is 4. The summed E-state index contributed by atoms with van der Waals surface area (Å²) in [7, 11) is 7.27. The van der Waals surface area contributed by atoms with E-state index in [9.17, 15) is 25.2 Å². The minimum Gasteiger partial charge on any atom is -0.459 e. The SMILES string of the molecule is CC[C@H]1OC(=O)[C@H](C)[C@@H](O[C@H]2C[C@@](C)(OC)[C@@H](O)[C@H](C)O2)[C@H](C)[C@@H](O[C@@H]2O[C@H](C)C[C@H](N(C)C)[C@H]2O)C(C)=C[C@@H](C)CN(C)[C@H](C)[C@@H](O)[C@]1(C)O. The van der Waals surface area contributed by atoms with Crippen LogP contribution in [0.4, 0.5) is 0 Å². The summed E-state index contributed by atoms with van der Waals surface area (Å²) in [6.07, 6.45) is -5.12. The van der Waals surface area contributed by atoms with Gasteiger partial charge in [-0.15, -0.1) is 0 Å². The highest BCUT2D eigenvalue weighted by molar-refractivity contribution is 5.73. The van der Waals surface area contributed by atoms with Crippen LogP contribution in [0.3, 0.4) is 0 Å². The van der Waals surface area contributed by atoms with Crippen LogP contribution in [0.1, 0.15) is 88.5 Å². The Balaban J connectivity index is 2.16. The lowest BCUT2D eigenvalue weighted by atomic mass is 9.84. The van der Waals surface area contributed by atoms with Gasteiger partial charge in [0.1, 0.15) is 30.0 Å². The van der Waals surface area contributed by atoms with Crippen LogP contribution in [0, 0.1) is 17.8 Å². The molecule has 17 atom stereocenters. The predicted octanol–water partition coefficient (Wildman–Crippen LogP) is 2.71. The van der Waals surface area contributed by atoms with Crippen molar-refractivity contribution in [2.45, 2.75) is 173 Å². The van der Waals surface area contributed by atoms with Crippen LogP contribution in [0.25, 0.3) is 0 Å². The number of carbonyl (C=O) groups is 1. The van der Waals surface area contributed by atoms with Crippen LogP contribution in [0.15, 0.2) is 11.6 Å². The van der Waals surface area contributed by atoms with E-state index < -0.39 is 90.4 Å². The molecule has 0 spiro atoms. The highest BCUT2D eigenvalue weighted by atomic mass is 16.7. The van der Waals surface area contributed by atoms with Gasteiger partial charge >= 0.3 is 5.97 Å². The van der Waals surface area contributed by atoms with Crippen LogP contribution in [-0.4, -0.2) is 156 Å². The summed E-state index contributed by atoms with van der Waals surface area (Å²) in [5.41, 5.74) is -1.88. The largest absolute Gasteiger partial charge is 0.459 e. The Morgan fingerprint density at radius 3 is 2.22 bits per heavy atom. The summed E-state index contributed by atoms with van der Waals surface area (Å²) in [6, 6.07) is -0.671. The van der Waals surface area contributed by atoms with E-state index in [0.717, 1.165) is 5.57 Å². The van der Waals surface area contributed by atoms with Gasteiger partial charge in [-0.1, -0.05) is 26.8 Å². The number of rotatable bonds is 7. The topological polar surface area (TPSA) is 160 Å². The summed E-state index contributed by atoms with van der Waals surface area (Å²) in [4.78, 5) is 18.1. The second-order valence-corrected chi connectivity index (χ2v) is 16.4. The number of hydrogen-bond acceptors (Lipinski definition) is 13. The predicted molar refractivity (Wildman–Crippen MR) is 193 cm³/mol. The third-order valence-electron chi connectivity index (χ3n) is 11.8. The summed E-state index contributed by atoms with van der Waals surface area (Å²) >= 11 is 0. The average Bonchev–Trinajstić information content (AvgIpc) is 3.06. The first-order valence-electron chi connectivity index (χ1n) is 18.8. The van der Waals surface area contributed by atoms with Gasteiger partial charge in [-0.3, -0.25) is 4.79 Å². The second-order valence-electron chi connectivity index (χ2n) is 16.4. The molecule has 298 valence electrons. The maximum atomic E-state index is 14.2. The van der Waals surface area contributed by atoms with Gasteiger partial charge in [0.05, 0.1) is 35.9 Å². The molecular weight excluding hydrogens is 660 g/mol. The highest BCUT2D eigenvalue weighted by Crippen LogP contribution is 2.38. The van der Waals surface area contributed by atoms with Crippen LogP contribution < -0.4 is 0 Å². The average molecular weight is 731 g/mol. The number of nitrogens with zero attached hydrogens (tertiary/aromatic N) is 2. The number of aliphatic hydroxyl groups excluding tert-OH is 3. The molecule has 0 aromatic carbocycles. The van der Waals surface area contributed by atoms with E-state index in [1.165, 1.54) is 14.0 Å². The third kappa shape index (κ3) is 10.1. The van der Waals surface area contributed by atoms with Crippen LogP contribution in [0.2, 0.25) is 0 Å². The number of hydrogen-bond donors (Lipinski definition) is 4. The summed E-state index contributed by atoms with van der Waals surface area (Å²) in [5, 5.41) is 45.6. The van der Waals surface area contributed by atoms with Gasteiger partial charge in [-0.2, -0.15) is 0 Å². The van der Waals surface area contributed by atoms with Gasteiger partial charge in [-0.25, -0.2) is 0 Å². The van der Waals surface area contributed by atoms with Crippen molar-refractivity contribution in [3.63, 3.8) is 0 Å². The molecule has 0 bridgehead atoms. The minimum atomic E-state index is -1.76. The Morgan fingerprint density at radius 1 is 1.02 bits per heavy atom. The molecule has 3 heterocycles. The zero-order chi connectivity index (χ0) is 38.7. The van der Waals surface area contributed by atoms with Crippen molar-refractivity contribution in [3.8, 4) is 0 Å². The monoisotopic (exact) mass is 730 g/mol. The van der Waals surface area contributed by atoms with E-state index in [1.807, 2.05) is 58.6 Å². The van der Waals surface area contributed by atoms with Gasteiger partial charge in [0.15, 0.2) is 12.6 Å². The smallest absolute Gasteiger partial charge is 0.311 e. The first kappa shape index (κ1) is 44.2. The van der Waals surface area contributed by atoms with Crippen molar-refractivity contribution in [2.24, 2.45) is 17.8 Å². The highest BCUT2D eigenvalue weighted by Gasteiger charge is 2.50. The molecule has 4 N–H and O–H groups in total. The van der Waals surface area contributed by atoms with Gasteiger partial charge in [0.2, 0.25) is 0 Å². The zero-order valence-electron chi connectivity index (χ0n) is 33.6. The molecule has 3 aliphatic rings. The zero-order valence-corrected chi connectivity index (χ0v) is 33.6. The Labute approximate surface area is 306 Å². The summed E-state index contributed by atoms with van der Waals surface area (Å²) < 4.78 is 37.7. The number of methoxy groups -OCH3 is 1. The minimum absolute atomic E-state index is 0.0215. The van der Waals surface area contributed by atoms with Crippen molar-refractivity contribution in [2.75, 3.05) is 34.8 Å². The Kier molecular flexibility index (Phi) is 15.5. The molecule has 0 aromatic rings. The number of likely N-dealkylation sites (N-methyl/N-ethyl adjacent to an activating group) is 2. The molecule has 3 aliphatic heterocycles. The molecular formula is C38H70N2O11. The summed E-state index contributed by atoms with van der Waals surface area (Å²) in [5.74, 6) is -2.08. The maximum absolute atomic E-state index is 14.2. The van der Waals surface area contributed by atoms with Crippen molar-refractivity contribution in [1.82, 2.24) is 9.80 Å². The van der Waals surface area contributed by atoms with Crippen LogP contribution in [-0.2, 0) is 33.2 Å². The van der Waals surface area contributed by atoms with E-state index >= 15 is 0 Å². The van der Waals surface area contributed by atoms with Gasteiger partial charge < -0.3 is 58.6 Å².